The van der Waals surface area contributed by atoms with E-state index >= 15 is 0 Å². The van der Waals surface area contributed by atoms with Crippen LogP contribution in [-0.2, 0) is 23.1 Å². The predicted molar refractivity (Wildman–Crippen MR) is 73.6 cm³/mol. The minimum atomic E-state index is -3.70. The fraction of sp³-hybridized carbons (Fsp3) is 0.545. The largest absolute Gasteiger partial charge is 0.340 e. The third kappa shape index (κ3) is 4.09. The molecule has 2 aromatic rings. The van der Waals surface area contributed by atoms with Crippen LogP contribution in [-0.4, -0.2) is 35.3 Å². The molecule has 0 spiro atoms. The zero-order chi connectivity index (χ0) is 15.3. The zero-order valence-corrected chi connectivity index (χ0v) is 12.7. The highest BCUT2D eigenvalue weighted by Gasteiger charge is 2.21. The van der Waals surface area contributed by atoms with Crippen molar-refractivity contribution in [2.75, 3.05) is 6.54 Å². The number of aryl methyl sites for hydroxylation is 1. The van der Waals surface area contributed by atoms with Crippen LogP contribution >= 0.6 is 0 Å². The SMILES string of the molecule is CCCNCc1cn[nH]c1S(=O)(=O)NCc1noc(C)n1. The molecule has 10 heteroatoms. The second-order valence-corrected chi connectivity index (χ2v) is 6.16. The van der Waals surface area contributed by atoms with Crippen LogP contribution in [0.25, 0.3) is 0 Å². The first-order chi connectivity index (χ1) is 10.0. The summed E-state index contributed by atoms with van der Waals surface area (Å²) >= 11 is 0. The number of aromatic amines is 1. The molecule has 0 radical (unpaired) electrons. The van der Waals surface area contributed by atoms with Crippen LogP contribution in [0.5, 0.6) is 0 Å². The normalized spacial score (nSPS) is 11.9. The Morgan fingerprint density at radius 1 is 1.38 bits per heavy atom. The van der Waals surface area contributed by atoms with Crippen LogP contribution in [0.3, 0.4) is 0 Å². The second kappa shape index (κ2) is 6.78. The molecular formula is C11H18N6O3S. The number of hydrogen-bond donors (Lipinski definition) is 3. The number of hydrogen-bond acceptors (Lipinski definition) is 7. The van der Waals surface area contributed by atoms with Crippen LogP contribution in [0, 0.1) is 6.92 Å². The molecule has 0 fully saturated rings. The summed E-state index contributed by atoms with van der Waals surface area (Å²) in [6.45, 7) is 4.87. The van der Waals surface area contributed by atoms with E-state index in [0.29, 0.717) is 18.0 Å². The maximum atomic E-state index is 12.2. The lowest BCUT2D eigenvalue weighted by Gasteiger charge is -2.06. The Labute approximate surface area is 122 Å². The molecule has 116 valence electrons. The summed E-state index contributed by atoms with van der Waals surface area (Å²) in [4.78, 5) is 3.94. The van der Waals surface area contributed by atoms with E-state index in [1.807, 2.05) is 6.92 Å². The number of H-pyrrole nitrogens is 1. The van der Waals surface area contributed by atoms with Gasteiger partial charge >= 0.3 is 0 Å². The van der Waals surface area contributed by atoms with Gasteiger partial charge in [-0.05, 0) is 13.0 Å². The fourth-order valence-corrected chi connectivity index (χ4v) is 2.81. The second-order valence-electron chi connectivity index (χ2n) is 4.46. The van der Waals surface area contributed by atoms with E-state index in [4.69, 9.17) is 4.52 Å². The van der Waals surface area contributed by atoms with Crippen molar-refractivity contribution < 1.29 is 12.9 Å². The number of nitrogens with one attached hydrogen (secondary N) is 3. The number of rotatable bonds is 8. The van der Waals surface area contributed by atoms with Crippen molar-refractivity contribution in [1.82, 2.24) is 30.4 Å². The summed E-state index contributed by atoms with van der Waals surface area (Å²) in [5.41, 5.74) is 0.584. The van der Waals surface area contributed by atoms with Crippen LogP contribution in [0.15, 0.2) is 15.7 Å². The Hall–Kier alpha value is -1.78. The van der Waals surface area contributed by atoms with Crippen molar-refractivity contribution in [3.05, 3.63) is 23.5 Å². The topological polar surface area (TPSA) is 126 Å². The van der Waals surface area contributed by atoms with Gasteiger partial charge in [0.05, 0.1) is 12.7 Å². The Morgan fingerprint density at radius 2 is 2.19 bits per heavy atom. The third-order valence-electron chi connectivity index (χ3n) is 2.68. The van der Waals surface area contributed by atoms with Crippen molar-refractivity contribution in [2.24, 2.45) is 0 Å². The van der Waals surface area contributed by atoms with E-state index in [9.17, 15) is 8.42 Å². The molecule has 0 aromatic carbocycles. The number of aromatic nitrogens is 4. The molecule has 2 aromatic heterocycles. The first-order valence-corrected chi connectivity index (χ1v) is 8.03. The van der Waals surface area contributed by atoms with E-state index in [2.05, 4.69) is 30.4 Å². The smallest absolute Gasteiger partial charge is 0.258 e. The third-order valence-corrected chi connectivity index (χ3v) is 4.09. The Balaban J connectivity index is 2.03. The minimum Gasteiger partial charge on any atom is -0.340 e. The molecule has 0 bridgehead atoms. The number of nitrogens with zero attached hydrogens (tertiary/aromatic N) is 3. The molecule has 0 atom stereocenters. The van der Waals surface area contributed by atoms with Gasteiger partial charge in [-0.25, -0.2) is 13.1 Å². The molecule has 21 heavy (non-hydrogen) atoms. The minimum absolute atomic E-state index is 0.0411. The van der Waals surface area contributed by atoms with Crippen LogP contribution in [0.2, 0.25) is 0 Å². The first-order valence-electron chi connectivity index (χ1n) is 6.54. The molecule has 0 amide bonds. The Bertz CT molecular complexity index is 678. The van der Waals surface area contributed by atoms with Gasteiger partial charge in [-0.3, -0.25) is 5.10 Å². The molecule has 0 aliphatic carbocycles. The summed E-state index contributed by atoms with van der Waals surface area (Å²) in [6, 6.07) is 0. The maximum Gasteiger partial charge on any atom is 0.258 e. The summed E-state index contributed by atoms with van der Waals surface area (Å²) in [5.74, 6) is 0.663. The number of sulfonamides is 1. The quantitative estimate of drug-likeness (QED) is 0.589. The van der Waals surface area contributed by atoms with Gasteiger partial charge in [-0.2, -0.15) is 10.1 Å². The van der Waals surface area contributed by atoms with Crippen LogP contribution in [0.4, 0.5) is 0 Å². The van der Waals surface area contributed by atoms with Crippen molar-refractivity contribution >= 4 is 10.0 Å². The average Bonchev–Trinajstić information content (AvgIpc) is 3.06. The molecule has 0 aliphatic heterocycles. The average molecular weight is 314 g/mol. The van der Waals surface area contributed by atoms with E-state index in [-0.39, 0.29) is 17.4 Å². The highest BCUT2D eigenvalue weighted by Crippen LogP contribution is 2.12. The molecular weight excluding hydrogens is 296 g/mol. The van der Waals surface area contributed by atoms with Gasteiger partial charge < -0.3 is 9.84 Å². The summed E-state index contributed by atoms with van der Waals surface area (Å²) in [5, 5.41) is 13.1. The summed E-state index contributed by atoms with van der Waals surface area (Å²) in [7, 11) is -3.70. The van der Waals surface area contributed by atoms with Crippen molar-refractivity contribution in [3.63, 3.8) is 0 Å². The van der Waals surface area contributed by atoms with E-state index in [1.165, 1.54) is 6.20 Å². The standard InChI is InChI=1S/C11H18N6O3S/c1-3-4-12-5-9-6-13-16-11(9)21(18,19)14-7-10-15-8(2)20-17-10/h6,12,14H,3-5,7H2,1-2H3,(H,13,16). The van der Waals surface area contributed by atoms with Gasteiger partial charge in [-0.15, -0.1) is 0 Å². The molecule has 0 unspecified atom stereocenters. The van der Waals surface area contributed by atoms with Crippen molar-refractivity contribution in [1.29, 1.82) is 0 Å². The maximum absolute atomic E-state index is 12.2. The van der Waals surface area contributed by atoms with Crippen molar-refractivity contribution in [2.45, 2.75) is 38.4 Å². The first kappa shape index (κ1) is 15.6. The lowest BCUT2D eigenvalue weighted by molar-refractivity contribution is 0.387. The van der Waals surface area contributed by atoms with Gasteiger partial charge in [-0.1, -0.05) is 12.1 Å². The molecule has 0 aliphatic rings. The monoisotopic (exact) mass is 314 g/mol. The van der Waals surface area contributed by atoms with Gasteiger partial charge in [0.1, 0.15) is 0 Å². The molecule has 3 N–H and O–H groups in total. The Morgan fingerprint density at radius 3 is 2.86 bits per heavy atom. The highest BCUT2D eigenvalue weighted by atomic mass is 32.2. The fourth-order valence-electron chi connectivity index (χ4n) is 1.70. The highest BCUT2D eigenvalue weighted by molar-refractivity contribution is 7.89. The van der Waals surface area contributed by atoms with Crippen LogP contribution < -0.4 is 10.0 Å². The summed E-state index contributed by atoms with van der Waals surface area (Å²) in [6.07, 6.45) is 2.46. The lowest BCUT2D eigenvalue weighted by atomic mass is 10.3. The van der Waals surface area contributed by atoms with Crippen LogP contribution in [0.1, 0.15) is 30.6 Å². The van der Waals surface area contributed by atoms with E-state index in [1.54, 1.807) is 6.92 Å². The summed E-state index contributed by atoms with van der Waals surface area (Å²) < 4.78 is 31.7. The van der Waals surface area contributed by atoms with E-state index in [0.717, 1.165) is 13.0 Å². The predicted octanol–water partition coefficient (Wildman–Crippen LogP) is 0.0792. The van der Waals surface area contributed by atoms with E-state index < -0.39 is 10.0 Å². The molecule has 0 saturated heterocycles. The lowest BCUT2D eigenvalue weighted by Crippen LogP contribution is -2.26. The van der Waals surface area contributed by atoms with Gasteiger partial charge in [0.15, 0.2) is 10.9 Å². The molecule has 0 saturated carbocycles. The Kier molecular flexibility index (Phi) is 5.04. The molecule has 9 nitrogen and oxygen atoms in total. The zero-order valence-electron chi connectivity index (χ0n) is 11.9. The van der Waals surface area contributed by atoms with Gasteiger partial charge in [0.25, 0.3) is 10.0 Å². The molecule has 2 heterocycles. The molecule has 2 rings (SSSR count). The van der Waals surface area contributed by atoms with Gasteiger partial charge in [0.2, 0.25) is 5.89 Å². The van der Waals surface area contributed by atoms with Crippen molar-refractivity contribution in [3.8, 4) is 0 Å². The van der Waals surface area contributed by atoms with Gasteiger partial charge in [0, 0.05) is 19.0 Å².